The van der Waals surface area contributed by atoms with E-state index in [1.807, 2.05) is 20.8 Å². The molecule has 5 nitrogen and oxygen atoms in total. The van der Waals surface area contributed by atoms with Gasteiger partial charge in [-0.2, -0.15) is 0 Å². The molecule has 2 amide bonds. The summed E-state index contributed by atoms with van der Waals surface area (Å²) in [5.41, 5.74) is 0.950. The van der Waals surface area contributed by atoms with Gasteiger partial charge in [0.05, 0.1) is 6.54 Å². The minimum atomic E-state index is -0.422. The number of halogens is 1. The molecule has 118 valence electrons. The second kappa shape index (κ2) is 6.01. The van der Waals surface area contributed by atoms with Gasteiger partial charge in [0.25, 0.3) is 5.91 Å². The van der Waals surface area contributed by atoms with Gasteiger partial charge in [0.2, 0.25) is 5.91 Å². The number of carbonyl (C=O) groups excluding carboxylic acids is 2. The Hall–Kier alpha value is -2.01. The topological polar surface area (TPSA) is 71.3 Å². The number of fused-ring (bicyclic) bond motifs is 1. The molecule has 0 saturated carbocycles. The summed E-state index contributed by atoms with van der Waals surface area (Å²) in [5.74, 6) is -0.479. The number of aryl methyl sites for hydroxylation is 1. The van der Waals surface area contributed by atoms with Gasteiger partial charge in [-0.15, -0.1) is 0 Å². The van der Waals surface area contributed by atoms with Crippen LogP contribution in [-0.2, 0) is 4.79 Å². The number of furan rings is 1. The molecule has 2 aromatic rings. The lowest BCUT2D eigenvalue weighted by atomic mass is 10.1. The molecule has 0 saturated heterocycles. The number of amides is 2. The van der Waals surface area contributed by atoms with Crippen molar-refractivity contribution in [2.75, 3.05) is 6.54 Å². The van der Waals surface area contributed by atoms with Gasteiger partial charge in [-0.3, -0.25) is 9.59 Å². The Morgan fingerprint density at radius 1 is 1.27 bits per heavy atom. The molecule has 0 aliphatic heterocycles. The highest BCUT2D eigenvalue weighted by Gasteiger charge is 2.19. The second-order valence-electron chi connectivity index (χ2n) is 6.18. The van der Waals surface area contributed by atoms with E-state index in [0.29, 0.717) is 16.2 Å². The van der Waals surface area contributed by atoms with Gasteiger partial charge in [-0.25, -0.2) is 0 Å². The van der Waals surface area contributed by atoms with E-state index in [1.165, 1.54) is 0 Å². The van der Waals surface area contributed by atoms with Gasteiger partial charge < -0.3 is 15.1 Å². The van der Waals surface area contributed by atoms with E-state index in [9.17, 15) is 9.59 Å². The molecule has 0 fully saturated rings. The zero-order valence-corrected chi connectivity index (χ0v) is 13.8. The Kier molecular flexibility index (Phi) is 4.47. The molecule has 0 unspecified atom stereocenters. The van der Waals surface area contributed by atoms with E-state index in [4.69, 9.17) is 16.0 Å². The monoisotopic (exact) mass is 322 g/mol. The lowest BCUT2D eigenvalue weighted by Crippen LogP contribution is -2.45. The van der Waals surface area contributed by atoms with Crippen LogP contribution in [0.4, 0.5) is 0 Å². The highest BCUT2D eigenvalue weighted by Crippen LogP contribution is 2.27. The van der Waals surface area contributed by atoms with Crippen LogP contribution in [0.5, 0.6) is 0 Å². The lowest BCUT2D eigenvalue weighted by Gasteiger charge is -2.20. The Labute approximate surface area is 134 Å². The summed E-state index contributed by atoms with van der Waals surface area (Å²) in [7, 11) is 0. The largest absolute Gasteiger partial charge is 0.451 e. The number of nitrogens with one attached hydrogen (secondary N) is 2. The van der Waals surface area contributed by atoms with Crippen molar-refractivity contribution < 1.29 is 14.0 Å². The average Bonchev–Trinajstić information content (AvgIpc) is 2.71. The fraction of sp³-hybridized carbons (Fsp3) is 0.375. The maximum atomic E-state index is 12.2. The highest BCUT2D eigenvalue weighted by atomic mass is 35.5. The third-order valence-corrected chi connectivity index (χ3v) is 3.26. The summed E-state index contributed by atoms with van der Waals surface area (Å²) in [6, 6.07) is 5.16. The standard InChI is InChI=1S/C16H19ClN2O3/c1-9-11-7-10(17)5-6-12(11)22-14(9)15(21)18-8-13(20)19-16(2,3)4/h5-7H,8H2,1-4H3,(H,18,21)(H,19,20). The molecule has 1 heterocycles. The molecular formula is C16H19ClN2O3. The van der Waals surface area contributed by atoms with E-state index < -0.39 is 5.91 Å². The lowest BCUT2D eigenvalue weighted by molar-refractivity contribution is -0.121. The van der Waals surface area contributed by atoms with Crippen LogP contribution in [-0.4, -0.2) is 23.9 Å². The van der Waals surface area contributed by atoms with Crippen molar-refractivity contribution in [2.45, 2.75) is 33.2 Å². The summed E-state index contributed by atoms with van der Waals surface area (Å²) in [6.45, 7) is 7.30. The molecule has 2 rings (SSSR count). The van der Waals surface area contributed by atoms with E-state index >= 15 is 0 Å². The third kappa shape index (κ3) is 3.80. The number of benzene rings is 1. The van der Waals surface area contributed by atoms with Crippen LogP contribution in [0, 0.1) is 6.92 Å². The van der Waals surface area contributed by atoms with Gasteiger partial charge in [0, 0.05) is 21.5 Å². The molecular weight excluding hydrogens is 304 g/mol. The number of carbonyl (C=O) groups is 2. The molecule has 0 aliphatic rings. The minimum absolute atomic E-state index is 0.104. The zero-order chi connectivity index (χ0) is 16.5. The normalized spacial score (nSPS) is 11.5. The van der Waals surface area contributed by atoms with Gasteiger partial charge in [-0.1, -0.05) is 11.6 Å². The maximum absolute atomic E-state index is 12.2. The molecule has 0 spiro atoms. The van der Waals surface area contributed by atoms with E-state index in [2.05, 4.69) is 10.6 Å². The van der Waals surface area contributed by atoms with Crippen molar-refractivity contribution in [1.82, 2.24) is 10.6 Å². The first kappa shape index (κ1) is 16.4. The Bertz CT molecular complexity index is 729. The van der Waals surface area contributed by atoms with Crippen molar-refractivity contribution in [3.63, 3.8) is 0 Å². The summed E-state index contributed by atoms with van der Waals surface area (Å²) in [5, 5.41) is 6.70. The second-order valence-corrected chi connectivity index (χ2v) is 6.61. The van der Waals surface area contributed by atoms with Crippen LogP contribution in [0.25, 0.3) is 11.0 Å². The first-order valence-electron chi connectivity index (χ1n) is 6.95. The van der Waals surface area contributed by atoms with Gasteiger partial charge in [0.1, 0.15) is 5.58 Å². The first-order valence-corrected chi connectivity index (χ1v) is 7.33. The molecule has 1 aromatic carbocycles. The van der Waals surface area contributed by atoms with Crippen LogP contribution in [0.15, 0.2) is 22.6 Å². The van der Waals surface area contributed by atoms with Crippen molar-refractivity contribution in [1.29, 1.82) is 0 Å². The van der Waals surface area contributed by atoms with Crippen LogP contribution in [0.2, 0.25) is 5.02 Å². The van der Waals surface area contributed by atoms with Crippen LogP contribution < -0.4 is 10.6 Å². The molecule has 0 aliphatic carbocycles. The SMILES string of the molecule is Cc1c(C(=O)NCC(=O)NC(C)(C)C)oc2ccc(Cl)cc12. The highest BCUT2D eigenvalue weighted by molar-refractivity contribution is 6.31. The quantitative estimate of drug-likeness (QED) is 0.912. The van der Waals surface area contributed by atoms with Crippen LogP contribution in [0.1, 0.15) is 36.9 Å². The van der Waals surface area contributed by atoms with Gasteiger partial charge in [0.15, 0.2) is 5.76 Å². The Morgan fingerprint density at radius 2 is 1.95 bits per heavy atom. The van der Waals surface area contributed by atoms with Crippen molar-refractivity contribution in [2.24, 2.45) is 0 Å². The van der Waals surface area contributed by atoms with Crippen molar-refractivity contribution >= 4 is 34.4 Å². The number of hydrogen-bond acceptors (Lipinski definition) is 3. The van der Waals surface area contributed by atoms with E-state index in [0.717, 1.165) is 5.39 Å². The van der Waals surface area contributed by atoms with Crippen LogP contribution in [0.3, 0.4) is 0 Å². The van der Waals surface area contributed by atoms with Gasteiger partial charge >= 0.3 is 0 Å². The fourth-order valence-electron chi connectivity index (χ4n) is 2.11. The Morgan fingerprint density at radius 3 is 2.59 bits per heavy atom. The molecule has 22 heavy (non-hydrogen) atoms. The predicted octanol–water partition coefficient (Wildman–Crippen LogP) is 3.04. The van der Waals surface area contributed by atoms with E-state index in [1.54, 1.807) is 25.1 Å². The molecule has 0 radical (unpaired) electrons. The smallest absolute Gasteiger partial charge is 0.287 e. The molecule has 0 bridgehead atoms. The van der Waals surface area contributed by atoms with Crippen molar-refractivity contribution in [3.8, 4) is 0 Å². The number of hydrogen-bond donors (Lipinski definition) is 2. The predicted molar refractivity (Wildman–Crippen MR) is 86.2 cm³/mol. The summed E-state index contributed by atoms with van der Waals surface area (Å²) >= 11 is 5.95. The average molecular weight is 323 g/mol. The van der Waals surface area contributed by atoms with Crippen LogP contribution >= 0.6 is 11.6 Å². The third-order valence-electron chi connectivity index (χ3n) is 3.03. The van der Waals surface area contributed by atoms with E-state index in [-0.39, 0.29) is 23.8 Å². The summed E-state index contributed by atoms with van der Waals surface area (Å²) in [6.07, 6.45) is 0. The molecule has 0 atom stereocenters. The number of rotatable bonds is 3. The molecule has 2 N–H and O–H groups in total. The fourth-order valence-corrected chi connectivity index (χ4v) is 2.29. The van der Waals surface area contributed by atoms with Gasteiger partial charge in [-0.05, 0) is 45.9 Å². The minimum Gasteiger partial charge on any atom is -0.451 e. The first-order chi connectivity index (χ1) is 10.2. The molecule has 1 aromatic heterocycles. The summed E-state index contributed by atoms with van der Waals surface area (Å²) in [4.78, 5) is 23.9. The summed E-state index contributed by atoms with van der Waals surface area (Å²) < 4.78 is 5.55. The zero-order valence-electron chi connectivity index (χ0n) is 13.0. The Balaban J connectivity index is 2.10. The van der Waals surface area contributed by atoms with Crippen molar-refractivity contribution in [3.05, 3.63) is 34.5 Å². The maximum Gasteiger partial charge on any atom is 0.287 e. The molecule has 6 heteroatoms.